The van der Waals surface area contributed by atoms with E-state index in [1.807, 2.05) is 24.3 Å². The zero-order valence-electron chi connectivity index (χ0n) is 11.7. The molecule has 0 bridgehead atoms. The molecule has 20 heavy (non-hydrogen) atoms. The lowest BCUT2D eigenvalue weighted by atomic mass is 10.3. The summed E-state index contributed by atoms with van der Waals surface area (Å²) in [6.07, 6.45) is 2.12. The lowest BCUT2D eigenvalue weighted by molar-refractivity contribution is 0.190. The van der Waals surface area contributed by atoms with Gasteiger partial charge in [0, 0.05) is 24.2 Å². The molecule has 112 valence electrons. The third-order valence-electron chi connectivity index (χ3n) is 3.48. The predicted molar refractivity (Wildman–Crippen MR) is 81.5 cm³/mol. The first-order chi connectivity index (χ1) is 9.78. The van der Waals surface area contributed by atoms with Crippen molar-refractivity contribution in [3.8, 4) is 5.75 Å². The molecular weight excluding hydrogens is 276 g/mol. The molecule has 1 unspecified atom stereocenters. The van der Waals surface area contributed by atoms with Crippen LogP contribution in [0.4, 0.5) is 0 Å². The number of rotatable bonds is 6. The lowest BCUT2D eigenvalue weighted by Crippen LogP contribution is -2.40. The van der Waals surface area contributed by atoms with Gasteiger partial charge in [-0.25, -0.2) is 0 Å². The van der Waals surface area contributed by atoms with Crippen molar-refractivity contribution in [2.24, 2.45) is 0 Å². The van der Waals surface area contributed by atoms with Gasteiger partial charge in [-0.2, -0.15) is 0 Å². The van der Waals surface area contributed by atoms with Crippen LogP contribution in [0.5, 0.6) is 5.75 Å². The normalized spacial score (nSPS) is 20.6. The van der Waals surface area contributed by atoms with E-state index in [0.29, 0.717) is 6.61 Å². The standard InChI is InChI=1S/C15H23ClN2O2/c16-13-3-5-15(6-4-13)20-10-2-9-18-8-1-7-17-14(11-18)12-19/h3-6,14,17,19H,1-2,7-12H2. The number of hydrogen-bond acceptors (Lipinski definition) is 4. The number of halogens is 1. The van der Waals surface area contributed by atoms with E-state index in [9.17, 15) is 5.11 Å². The summed E-state index contributed by atoms with van der Waals surface area (Å²) in [6.45, 7) is 4.91. The quantitative estimate of drug-likeness (QED) is 0.786. The average molecular weight is 299 g/mol. The highest BCUT2D eigenvalue weighted by atomic mass is 35.5. The molecular formula is C15H23ClN2O2. The van der Waals surface area contributed by atoms with E-state index in [1.54, 1.807) is 0 Å². The molecule has 0 spiro atoms. The second kappa shape index (κ2) is 8.47. The molecule has 0 radical (unpaired) electrons. The van der Waals surface area contributed by atoms with E-state index in [0.717, 1.165) is 49.8 Å². The molecule has 0 amide bonds. The molecule has 1 aliphatic rings. The largest absolute Gasteiger partial charge is 0.494 e. The number of benzene rings is 1. The van der Waals surface area contributed by atoms with Gasteiger partial charge in [0.2, 0.25) is 0 Å². The van der Waals surface area contributed by atoms with Crippen molar-refractivity contribution in [1.82, 2.24) is 10.2 Å². The Balaban J connectivity index is 1.65. The minimum atomic E-state index is 0.203. The van der Waals surface area contributed by atoms with E-state index >= 15 is 0 Å². The maximum absolute atomic E-state index is 9.25. The van der Waals surface area contributed by atoms with Gasteiger partial charge in [-0.3, -0.25) is 0 Å². The van der Waals surface area contributed by atoms with Crippen LogP contribution in [0.1, 0.15) is 12.8 Å². The minimum absolute atomic E-state index is 0.203. The van der Waals surface area contributed by atoms with Gasteiger partial charge in [0.05, 0.1) is 13.2 Å². The summed E-state index contributed by atoms with van der Waals surface area (Å²) in [5.74, 6) is 0.861. The van der Waals surface area contributed by atoms with Crippen molar-refractivity contribution >= 4 is 11.6 Å². The summed E-state index contributed by atoms with van der Waals surface area (Å²) in [4.78, 5) is 2.39. The molecule has 1 saturated heterocycles. The number of ether oxygens (including phenoxy) is 1. The van der Waals surface area contributed by atoms with Crippen LogP contribution in [-0.4, -0.2) is 55.4 Å². The molecule has 2 N–H and O–H groups in total. The van der Waals surface area contributed by atoms with Gasteiger partial charge in [-0.1, -0.05) is 11.6 Å². The highest BCUT2D eigenvalue weighted by Crippen LogP contribution is 2.15. The van der Waals surface area contributed by atoms with Crippen molar-refractivity contribution in [2.45, 2.75) is 18.9 Å². The first kappa shape index (κ1) is 15.6. The summed E-state index contributed by atoms with van der Waals surface area (Å²) in [6, 6.07) is 7.65. The molecule has 1 aromatic carbocycles. The molecule has 0 aromatic heterocycles. The Labute approximate surface area is 125 Å². The molecule has 1 atom stereocenters. The third-order valence-corrected chi connectivity index (χ3v) is 3.74. The van der Waals surface area contributed by atoms with Crippen molar-refractivity contribution in [2.75, 3.05) is 39.4 Å². The van der Waals surface area contributed by atoms with Gasteiger partial charge < -0.3 is 20.1 Å². The summed E-state index contributed by atoms with van der Waals surface area (Å²) in [7, 11) is 0. The van der Waals surface area contributed by atoms with Crippen LogP contribution in [-0.2, 0) is 0 Å². The lowest BCUT2D eigenvalue weighted by Gasteiger charge is -2.23. The van der Waals surface area contributed by atoms with Gasteiger partial charge in [0.15, 0.2) is 0 Å². The zero-order chi connectivity index (χ0) is 14.2. The fraction of sp³-hybridized carbons (Fsp3) is 0.600. The van der Waals surface area contributed by atoms with Crippen LogP contribution in [0.15, 0.2) is 24.3 Å². The molecule has 1 fully saturated rings. The maximum atomic E-state index is 9.25. The number of hydrogen-bond donors (Lipinski definition) is 2. The van der Waals surface area contributed by atoms with E-state index < -0.39 is 0 Å². The number of nitrogens with one attached hydrogen (secondary N) is 1. The van der Waals surface area contributed by atoms with Crippen LogP contribution in [0, 0.1) is 0 Å². The molecule has 1 aromatic rings. The van der Waals surface area contributed by atoms with Crippen LogP contribution in [0.2, 0.25) is 5.02 Å². The first-order valence-electron chi connectivity index (χ1n) is 7.23. The summed E-state index contributed by atoms with van der Waals surface area (Å²) < 4.78 is 5.69. The summed E-state index contributed by atoms with van der Waals surface area (Å²) >= 11 is 5.83. The Hall–Kier alpha value is -0.810. The topological polar surface area (TPSA) is 44.7 Å². The Morgan fingerprint density at radius 2 is 2.15 bits per heavy atom. The Morgan fingerprint density at radius 1 is 1.35 bits per heavy atom. The smallest absolute Gasteiger partial charge is 0.119 e. The third kappa shape index (κ3) is 5.29. The maximum Gasteiger partial charge on any atom is 0.119 e. The van der Waals surface area contributed by atoms with E-state index in [-0.39, 0.29) is 12.6 Å². The number of aliphatic hydroxyl groups excluding tert-OH is 1. The van der Waals surface area contributed by atoms with E-state index in [1.165, 1.54) is 0 Å². The van der Waals surface area contributed by atoms with Crippen LogP contribution in [0.3, 0.4) is 0 Å². The molecule has 1 heterocycles. The van der Waals surface area contributed by atoms with Crippen LogP contribution >= 0.6 is 11.6 Å². The SMILES string of the molecule is OCC1CN(CCCOc2ccc(Cl)cc2)CCCN1. The zero-order valence-corrected chi connectivity index (χ0v) is 12.5. The Bertz CT molecular complexity index is 386. The van der Waals surface area contributed by atoms with Gasteiger partial charge in [-0.05, 0) is 50.2 Å². The van der Waals surface area contributed by atoms with E-state index in [4.69, 9.17) is 16.3 Å². The molecule has 0 saturated carbocycles. The molecule has 4 nitrogen and oxygen atoms in total. The molecule has 0 aliphatic carbocycles. The van der Waals surface area contributed by atoms with E-state index in [2.05, 4.69) is 10.2 Å². The Morgan fingerprint density at radius 3 is 2.90 bits per heavy atom. The number of aliphatic hydroxyl groups is 1. The van der Waals surface area contributed by atoms with Crippen LogP contribution < -0.4 is 10.1 Å². The van der Waals surface area contributed by atoms with Crippen LogP contribution in [0.25, 0.3) is 0 Å². The monoisotopic (exact) mass is 298 g/mol. The molecule has 5 heteroatoms. The van der Waals surface area contributed by atoms with Crippen molar-refractivity contribution < 1.29 is 9.84 Å². The van der Waals surface area contributed by atoms with Crippen molar-refractivity contribution in [3.05, 3.63) is 29.3 Å². The first-order valence-corrected chi connectivity index (χ1v) is 7.60. The van der Waals surface area contributed by atoms with Gasteiger partial charge in [-0.15, -0.1) is 0 Å². The molecule has 2 rings (SSSR count). The fourth-order valence-electron chi connectivity index (χ4n) is 2.41. The number of nitrogens with zero attached hydrogens (tertiary/aromatic N) is 1. The second-order valence-electron chi connectivity index (χ2n) is 5.14. The van der Waals surface area contributed by atoms with Crippen molar-refractivity contribution in [3.63, 3.8) is 0 Å². The second-order valence-corrected chi connectivity index (χ2v) is 5.58. The summed E-state index contributed by atoms with van der Waals surface area (Å²) in [5.41, 5.74) is 0. The highest BCUT2D eigenvalue weighted by Gasteiger charge is 2.16. The predicted octanol–water partition coefficient (Wildman–Crippen LogP) is 1.77. The van der Waals surface area contributed by atoms with Crippen molar-refractivity contribution in [1.29, 1.82) is 0 Å². The highest BCUT2D eigenvalue weighted by molar-refractivity contribution is 6.30. The fourth-order valence-corrected chi connectivity index (χ4v) is 2.54. The molecule has 1 aliphatic heterocycles. The Kier molecular flexibility index (Phi) is 6.60. The minimum Gasteiger partial charge on any atom is -0.494 e. The summed E-state index contributed by atoms with van der Waals surface area (Å²) in [5, 5.41) is 13.3. The van der Waals surface area contributed by atoms with Gasteiger partial charge in [0.1, 0.15) is 5.75 Å². The van der Waals surface area contributed by atoms with Gasteiger partial charge >= 0.3 is 0 Å². The average Bonchev–Trinajstić information content (AvgIpc) is 2.70. The van der Waals surface area contributed by atoms with Gasteiger partial charge in [0.25, 0.3) is 0 Å².